The Balaban J connectivity index is 2.20. The summed E-state index contributed by atoms with van der Waals surface area (Å²) < 4.78 is 50.9. The zero-order valence-electron chi connectivity index (χ0n) is 15.1. The molecule has 0 aliphatic heterocycles. The van der Waals surface area contributed by atoms with Gasteiger partial charge in [-0.3, -0.25) is 4.79 Å². The largest absolute Gasteiger partial charge is 0.490 e. The van der Waals surface area contributed by atoms with E-state index in [-0.39, 0.29) is 0 Å². The Morgan fingerprint density at radius 3 is 2.50 bits per heavy atom. The fraction of sp³-hybridized carbons (Fsp3) is 0.263. The number of nitrogens with zero attached hydrogens (tertiary/aromatic N) is 1. The molecule has 1 N–H and O–H groups in total. The molecule has 0 radical (unpaired) electrons. The summed E-state index contributed by atoms with van der Waals surface area (Å²) in [6, 6.07) is 7.96. The lowest BCUT2D eigenvalue weighted by Crippen LogP contribution is -2.22. The molecule has 0 fully saturated rings. The second-order valence-electron chi connectivity index (χ2n) is 5.44. The van der Waals surface area contributed by atoms with Gasteiger partial charge in [-0.15, -0.1) is 0 Å². The van der Waals surface area contributed by atoms with Crippen LogP contribution in [0.15, 0.2) is 41.5 Å². The summed E-state index contributed by atoms with van der Waals surface area (Å²) in [4.78, 5) is 12.1. The monoisotopic (exact) mass is 506 g/mol. The van der Waals surface area contributed by atoms with E-state index in [2.05, 4.69) is 33.1 Å². The summed E-state index contributed by atoms with van der Waals surface area (Å²) in [5.41, 5.74) is 1.21. The maximum Gasteiger partial charge on any atom is 0.417 e. The van der Waals surface area contributed by atoms with E-state index in [0.717, 1.165) is 15.7 Å². The van der Waals surface area contributed by atoms with Gasteiger partial charge >= 0.3 is 6.18 Å². The van der Waals surface area contributed by atoms with Crippen molar-refractivity contribution in [1.29, 1.82) is 0 Å². The minimum absolute atomic E-state index is 0.432. The first-order valence-corrected chi connectivity index (χ1v) is 9.44. The standard InChI is InChI=1S/C19H18F3IN2O3/c1-3-27-16-10-12(9-15(23)17(16)28-4-2)11-24-25-18(26)13-7-5-6-8-14(13)19(20,21)22/h5-11H,3-4H2,1-2H3,(H,25,26)/b24-11+. The fourth-order valence-electron chi connectivity index (χ4n) is 2.36. The Kier molecular flexibility index (Phi) is 7.67. The number of ether oxygens (including phenoxy) is 2. The molecule has 2 aromatic carbocycles. The minimum Gasteiger partial charge on any atom is -0.490 e. The Morgan fingerprint density at radius 1 is 1.18 bits per heavy atom. The molecule has 5 nitrogen and oxygen atoms in total. The predicted octanol–water partition coefficient (Wildman–Crippen LogP) is 4.87. The van der Waals surface area contributed by atoms with Crippen LogP contribution in [0.3, 0.4) is 0 Å². The summed E-state index contributed by atoms with van der Waals surface area (Å²) >= 11 is 2.08. The van der Waals surface area contributed by atoms with Crippen LogP contribution in [-0.2, 0) is 6.18 Å². The van der Waals surface area contributed by atoms with Gasteiger partial charge in [0.2, 0.25) is 0 Å². The number of alkyl halides is 3. The Bertz CT molecular complexity index is 870. The average Bonchev–Trinajstić information content (AvgIpc) is 2.64. The molecule has 0 aliphatic carbocycles. The fourth-order valence-corrected chi connectivity index (χ4v) is 3.14. The summed E-state index contributed by atoms with van der Waals surface area (Å²) in [5.74, 6) is 0.173. The van der Waals surface area contributed by atoms with Crippen LogP contribution < -0.4 is 14.9 Å². The predicted molar refractivity (Wildman–Crippen MR) is 108 cm³/mol. The van der Waals surface area contributed by atoms with Crippen LogP contribution in [0.5, 0.6) is 11.5 Å². The van der Waals surface area contributed by atoms with Crippen molar-refractivity contribution < 1.29 is 27.4 Å². The molecule has 0 bridgehead atoms. The van der Waals surface area contributed by atoms with Crippen molar-refractivity contribution in [1.82, 2.24) is 5.43 Å². The van der Waals surface area contributed by atoms with Gasteiger partial charge in [0.25, 0.3) is 5.91 Å². The number of halogens is 4. The third kappa shape index (κ3) is 5.60. The summed E-state index contributed by atoms with van der Waals surface area (Å²) in [6.45, 7) is 4.59. The minimum atomic E-state index is -4.63. The number of benzene rings is 2. The second-order valence-corrected chi connectivity index (χ2v) is 6.60. The molecule has 1 amide bonds. The van der Waals surface area contributed by atoms with E-state index in [4.69, 9.17) is 9.47 Å². The Hall–Kier alpha value is -2.30. The van der Waals surface area contributed by atoms with Crippen LogP contribution in [0.4, 0.5) is 13.2 Å². The van der Waals surface area contributed by atoms with Crippen LogP contribution in [-0.4, -0.2) is 25.3 Å². The number of hydrazone groups is 1. The number of nitrogens with one attached hydrogen (secondary N) is 1. The maximum atomic E-state index is 13.0. The van der Waals surface area contributed by atoms with Gasteiger partial charge in [-0.25, -0.2) is 5.43 Å². The molecule has 0 aliphatic rings. The molecular formula is C19H18F3IN2O3. The van der Waals surface area contributed by atoms with Gasteiger partial charge < -0.3 is 9.47 Å². The number of hydrogen-bond donors (Lipinski definition) is 1. The second kappa shape index (κ2) is 9.76. The highest BCUT2D eigenvalue weighted by Crippen LogP contribution is 2.34. The van der Waals surface area contributed by atoms with Crippen LogP contribution in [0.2, 0.25) is 0 Å². The van der Waals surface area contributed by atoms with E-state index in [1.165, 1.54) is 18.3 Å². The molecule has 0 unspecified atom stereocenters. The van der Waals surface area contributed by atoms with Gasteiger partial charge in [0.05, 0.1) is 34.1 Å². The number of carbonyl (C=O) groups is 1. The van der Waals surface area contributed by atoms with Crippen LogP contribution in [0, 0.1) is 3.57 Å². The van der Waals surface area contributed by atoms with Gasteiger partial charge in [0.1, 0.15) is 0 Å². The third-order valence-electron chi connectivity index (χ3n) is 3.48. The molecule has 28 heavy (non-hydrogen) atoms. The molecule has 0 saturated heterocycles. The van der Waals surface area contributed by atoms with Crippen LogP contribution in [0.25, 0.3) is 0 Å². The van der Waals surface area contributed by atoms with Crippen molar-refractivity contribution in [2.45, 2.75) is 20.0 Å². The molecule has 150 valence electrons. The first-order valence-electron chi connectivity index (χ1n) is 8.36. The van der Waals surface area contributed by atoms with Gasteiger partial charge in [0, 0.05) is 0 Å². The SMILES string of the molecule is CCOc1cc(/C=N/NC(=O)c2ccccc2C(F)(F)F)cc(I)c1OCC. The Morgan fingerprint density at radius 2 is 1.86 bits per heavy atom. The van der Waals surface area contributed by atoms with Gasteiger partial charge in [-0.05, 0) is 66.3 Å². The van der Waals surface area contributed by atoms with Crippen molar-refractivity contribution >= 4 is 34.7 Å². The molecule has 0 spiro atoms. The third-order valence-corrected chi connectivity index (χ3v) is 4.28. The van der Waals surface area contributed by atoms with E-state index < -0.39 is 23.2 Å². The van der Waals surface area contributed by atoms with E-state index in [1.54, 1.807) is 12.1 Å². The lowest BCUT2D eigenvalue weighted by atomic mass is 10.1. The first-order chi connectivity index (χ1) is 13.3. The lowest BCUT2D eigenvalue weighted by Gasteiger charge is -2.13. The van der Waals surface area contributed by atoms with Crippen molar-refractivity contribution in [3.05, 3.63) is 56.7 Å². The van der Waals surface area contributed by atoms with E-state index >= 15 is 0 Å². The van der Waals surface area contributed by atoms with Crippen molar-refractivity contribution in [3.63, 3.8) is 0 Å². The number of hydrogen-bond acceptors (Lipinski definition) is 4. The highest BCUT2D eigenvalue weighted by atomic mass is 127. The normalized spacial score (nSPS) is 11.5. The van der Waals surface area contributed by atoms with Crippen LogP contribution in [0.1, 0.15) is 35.3 Å². The van der Waals surface area contributed by atoms with Gasteiger partial charge in [-0.1, -0.05) is 12.1 Å². The summed E-state index contributed by atoms with van der Waals surface area (Å²) in [7, 11) is 0. The number of rotatable bonds is 7. The number of carbonyl (C=O) groups excluding carboxylic acids is 1. The lowest BCUT2D eigenvalue weighted by molar-refractivity contribution is -0.137. The van der Waals surface area contributed by atoms with E-state index in [0.29, 0.717) is 30.3 Å². The highest BCUT2D eigenvalue weighted by Gasteiger charge is 2.34. The van der Waals surface area contributed by atoms with Gasteiger partial charge in [-0.2, -0.15) is 18.3 Å². The quantitative estimate of drug-likeness (QED) is 0.331. The summed E-state index contributed by atoms with van der Waals surface area (Å²) in [5, 5.41) is 3.77. The molecular weight excluding hydrogens is 488 g/mol. The molecule has 0 aromatic heterocycles. The maximum absolute atomic E-state index is 13.0. The average molecular weight is 506 g/mol. The number of amides is 1. The Labute approximate surface area is 174 Å². The van der Waals surface area contributed by atoms with Crippen molar-refractivity contribution in [3.8, 4) is 11.5 Å². The zero-order valence-corrected chi connectivity index (χ0v) is 17.3. The topological polar surface area (TPSA) is 59.9 Å². The molecule has 0 atom stereocenters. The molecule has 9 heteroatoms. The smallest absolute Gasteiger partial charge is 0.417 e. The van der Waals surface area contributed by atoms with Crippen LogP contribution >= 0.6 is 22.6 Å². The molecule has 0 saturated carbocycles. The van der Waals surface area contributed by atoms with E-state index in [1.807, 2.05) is 13.8 Å². The van der Waals surface area contributed by atoms with Gasteiger partial charge in [0.15, 0.2) is 11.5 Å². The van der Waals surface area contributed by atoms with Crippen molar-refractivity contribution in [2.24, 2.45) is 5.10 Å². The zero-order chi connectivity index (χ0) is 20.7. The van der Waals surface area contributed by atoms with E-state index in [9.17, 15) is 18.0 Å². The first kappa shape index (κ1) is 22.0. The summed E-state index contributed by atoms with van der Waals surface area (Å²) in [6.07, 6.45) is -3.30. The molecule has 0 heterocycles. The van der Waals surface area contributed by atoms with Crippen molar-refractivity contribution in [2.75, 3.05) is 13.2 Å². The molecule has 2 rings (SSSR count). The highest BCUT2D eigenvalue weighted by molar-refractivity contribution is 14.1. The molecule has 2 aromatic rings.